The summed E-state index contributed by atoms with van der Waals surface area (Å²) in [6.07, 6.45) is 1.50. The van der Waals surface area contributed by atoms with Crippen LogP contribution in [0.1, 0.15) is 52.9 Å². The molecule has 164 valence electrons. The van der Waals surface area contributed by atoms with Crippen LogP contribution in [0.2, 0.25) is 0 Å². The number of hydrogen-bond acceptors (Lipinski definition) is 3. The third kappa shape index (κ3) is 4.40. The Labute approximate surface area is 194 Å². The van der Waals surface area contributed by atoms with Crippen LogP contribution < -0.4 is 4.90 Å². The van der Waals surface area contributed by atoms with E-state index in [2.05, 4.69) is 55.1 Å². The summed E-state index contributed by atoms with van der Waals surface area (Å²) in [4.78, 5) is 21.2. The van der Waals surface area contributed by atoms with Crippen LogP contribution in [0.25, 0.3) is 0 Å². The van der Waals surface area contributed by atoms with Crippen LogP contribution >= 0.6 is 0 Å². The first-order valence-electron chi connectivity index (χ1n) is 11.4. The van der Waals surface area contributed by atoms with Gasteiger partial charge in [-0.2, -0.15) is 0 Å². The number of anilines is 1. The Morgan fingerprint density at radius 1 is 0.970 bits per heavy atom. The van der Waals surface area contributed by atoms with Crippen molar-refractivity contribution in [1.29, 1.82) is 0 Å². The van der Waals surface area contributed by atoms with Gasteiger partial charge in [-0.15, -0.1) is 0 Å². The first-order chi connectivity index (χ1) is 16.1. The van der Waals surface area contributed by atoms with Gasteiger partial charge in [-0.1, -0.05) is 79.4 Å². The van der Waals surface area contributed by atoms with E-state index in [4.69, 9.17) is 4.84 Å². The SMILES string of the molecule is CC(C)Cc1ccc(C2=NOC(CN3C(=O)c4ccccc4C#Cc4ccccc43)C2)cc1. The molecule has 1 amide bonds. The largest absolute Gasteiger partial charge is 0.390 e. The molecule has 4 nitrogen and oxygen atoms in total. The standard InChI is InChI=1S/C29H26N2O2/c1-20(2)17-21-11-13-23(14-12-21)27-18-25(33-30-27)19-31-28-10-6-4-8-24(28)16-15-22-7-3-5-9-26(22)29(31)32/h3-14,20,25H,17-19H2,1-2H3. The molecule has 1 unspecified atom stereocenters. The Kier molecular flexibility index (Phi) is 5.71. The maximum absolute atomic E-state index is 13.6. The zero-order chi connectivity index (χ0) is 22.8. The molecule has 3 aromatic rings. The molecular formula is C29H26N2O2. The molecule has 2 aliphatic rings. The van der Waals surface area contributed by atoms with Crippen molar-refractivity contribution in [2.24, 2.45) is 11.1 Å². The van der Waals surface area contributed by atoms with Crippen LogP contribution in [-0.4, -0.2) is 24.3 Å². The summed E-state index contributed by atoms with van der Waals surface area (Å²) < 4.78 is 0. The van der Waals surface area contributed by atoms with E-state index in [9.17, 15) is 4.79 Å². The molecule has 2 heterocycles. The highest BCUT2D eigenvalue weighted by molar-refractivity contribution is 6.09. The van der Waals surface area contributed by atoms with Gasteiger partial charge in [-0.05, 0) is 47.7 Å². The van der Waals surface area contributed by atoms with Crippen LogP contribution in [0.15, 0.2) is 78.0 Å². The summed E-state index contributed by atoms with van der Waals surface area (Å²) in [5.74, 6) is 6.95. The van der Waals surface area contributed by atoms with E-state index in [1.54, 1.807) is 4.90 Å². The first kappa shape index (κ1) is 21.0. The topological polar surface area (TPSA) is 41.9 Å². The van der Waals surface area contributed by atoms with Crippen LogP contribution in [0, 0.1) is 17.8 Å². The van der Waals surface area contributed by atoms with Crippen molar-refractivity contribution in [2.75, 3.05) is 11.4 Å². The Morgan fingerprint density at radius 3 is 2.45 bits per heavy atom. The summed E-state index contributed by atoms with van der Waals surface area (Å²) in [6.45, 7) is 4.85. The lowest BCUT2D eigenvalue weighted by Crippen LogP contribution is -2.39. The monoisotopic (exact) mass is 434 g/mol. The highest BCUT2D eigenvalue weighted by atomic mass is 16.6. The number of nitrogens with zero attached hydrogens (tertiary/aromatic N) is 2. The summed E-state index contributed by atoms with van der Waals surface area (Å²) in [7, 11) is 0. The lowest BCUT2D eigenvalue weighted by Gasteiger charge is -2.27. The third-order valence-corrected chi connectivity index (χ3v) is 5.98. The zero-order valence-electron chi connectivity index (χ0n) is 18.9. The molecule has 5 rings (SSSR count). The van der Waals surface area contributed by atoms with E-state index in [1.807, 2.05) is 48.5 Å². The molecular weight excluding hydrogens is 408 g/mol. The van der Waals surface area contributed by atoms with Crippen molar-refractivity contribution in [2.45, 2.75) is 32.8 Å². The van der Waals surface area contributed by atoms with Crippen molar-refractivity contribution in [3.05, 3.63) is 101 Å². The summed E-state index contributed by atoms with van der Waals surface area (Å²) in [5.41, 5.74) is 6.31. The Bertz CT molecular complexity index is 1280. The molecule has 0 spiro atoms. The molecule has 0 saturated carbocycles. The predicted molar refractivity (Wildman–Crippen MR) is 132 cm³/mol. The molecule has 0 N–H and O–H groups in total. The summed E-state index contributed by atoms with van der Waals surface area (Å²) >= 11 is 0. The van der Waals surface area contributed by atoms with Gasteiger partial charge in [0.2, 0.25) is 0 Å². The smallest absolute Gasteiger partial charge is 0.259 e. The molecule has 0 bridgehead atoms. The number of para-hydroxylation sites is 1. The first-order valence-corrected chi connectivity index (χ1v) is 11.4. The van der Waals surface area contributed by atoms with Gasteiger partial charge in [0.15, 0.2) is 6.10 Å². The second kappa shape index (κ2) is 8.96. The average Bonchev–Trinajstić information content (AvgIpc) is 3.29. The van der Waals surface area contributed by atoms with Crippen LogP contribution in [0.5, 0.6) is 0 Å². The number of fused-ring (bicyclic) bond motifs is 2. The molecule has 1 atom stereocenters. The van der Waals surface area contributed by atoms with Crippen LogP contribution in [0.4, 0.5) is 5.69 Å². The average molecular weight is 435 g/mol. The van der Waals surface area contributed by atoms with E-state index in [0.29, 0.717) is 24.4 Å². The number of benzene rings is 3. The van der Waals surface area contributed by atoms with E-state index >= 15 is 0 Å². The molecule has 33 heavy (non-hydrogen) atoms. The van der Waals surface area contributed by atoms with Crippen LogP contribution in [-0.2, 0) is 11.3 Å². The fourth-order valence-electron chi connectivity index (χ4n) is 4.37. The van der Waals surface area contributed by atoms with Gasteiger partial charge in [-0.25, -0.2) is 0 Å². The Balaban J connectivity index is 1.37. The van der Waals surface area contributed by atoms with Gasteiger partial charge in [0.25, 0.3) is 5.91 Å². The van der Waals surface area contributed by atoms with Gasteiger partial charge in [0, 0.05) is 17.5 Å². The van der Waals surface area contributed by atoms with E-state index < -0.39 is 0 Å². The fraction of sp³-hybridized carbons (Fsp3) is 0.241. The maximum atomic E-state index is 13.6. The number of rotatable bonds is 5. The quantitative estimate of drug-likeness (QED) is 0.502. The lowest BCUT2D eigenvalue weighted by atomic mass is 9.98. The fourth-order valence-corrected chi connectivity index (χ4v) is 4.37. The Hall–Kier alpha value is -3.84. The molecule has 3 aromatic carbocycles. The molecule has 0 aromatic heterocycles. The van der Waals surface area contributed by atoms with Gasteiger partial charge < -0.3 is 9.74 Å². The second-order valence-corrected chi connectivity index (χ2v) is 8.99. The van der Waals surface area contributed by atoms with E-state index in [1.165, 1.54) is 5.56 Å². The highest BCUT2D eigenvalue weighted by Crippen LogP contribution is 2.27. The number of amides is 1. The molecule has 0 radical (unpaired) electrons. The third-order valence-electron chi connectivity index (χ3n) is 5.98. The van der Waals surface area contributed by atoms with Gasteiger partial charge >= 0.3 is 0 Å². The van der Waals surface area contributed by atoms with Gasteiger partial charge in [0.1, 0.15) is 0 Å². The molecule has 2 aliphatic heterocycles. The van der Waals surface area contributed by atoms with Gasteiger partial charge in [-0.3, -0.25) is 4.79 Å². The number of carbonyl (C=O) groups is 1. The number of hydrogen-bond donors (Lipinski definition) is 0. The van der Waals surface area contributed by atoms with E-state index in [0.717, 1.165) is 34.5 Å². The molecule has 0 fully saturated rings. The molecule has 4 heteroatoms. The normalized spacial score (nSPS) is 16.7. The van der Waals surface area contributed by atoms with Crippen LogP contribution in [0.3, 0.4) is 0 Å². The lowest BCUT2D eigenvalue weighted by molar-refractivity contribution is 0.0817. The van der Waals surface area contributed by atoms with Crippen molar-refractivity contribution in [3.63, 3.8) is 0 Å². The summed E-state index contributed by atoms with van der Waals surface area (Å²) in [6, 6.07) is 23.8. The molecule has 0 aliphatic carbocycles. The number of oxime groups is 1. The van der Waals surface area contributed by atoms with Crippen molar-refractivity contribution in [1.82, 2.24) is 0 Å². The zero-order valence-corrected chi connectivity index (χ0v) is 18.9. The molecule has 0 saturated heterocycles. The minimum Gasteiger partial charge on any atom is -0.390 e. The minimum atomic E-state index is -0.216. The van der Waals surface area contributed by atoms with Gasteiger partial charge in [0.05, 0.1) is 23.5 Å². The second-order valence-electron chi connectivity index (χ2n) is 8.99. The maximum Gasteiger partial charge on any atom is 0.259 e. The van der Waals surface area contributed by atoms with Crippen molar-refractivity contribution in [3.8, 4) is 11.8 Å². The van der Waals surface area contributed by atoms with Crippen molar-refractivity contribution < 1.29 is 9.63 Å². The Morgan fingerprint density at radius 2 is 1.67 bits per heavy atom. The van der Waals surface area contributed by atoms with Crippen molar-refractivity contribution >= 4 is 17.3 Å². The van der Waals surface area contributed by atoms with E-state index in [-0.39, 0.29) is 12.0 Å². The number of carbonyl (C=O) groups excluding carboxylic acids is 1. The summed E-state index contributed by atoms with van der Waals surface area (Å²) in [5, 5.41) is 4.36. The predicted octanol–water partition coefficient (Wildman–Crippen LogP) is 5.44. The highest BCUT2D eigenvalue weighted by Gasteiger charge is 2.30. The minimum absolute atomic E-state index is 0.0675.